The molecule has 0 fully saturated rings. The van der Waals surface area contributed by atoms with E-state index in [0.717, 1.165) is 0 Å². The molecule has 0 spiro atoms. The fourth-order valence-corrected chi connectivity index (χ4v) is 1.74. The first kappa shape index (κ1) is 13.2. The van der Waals surface area contributed by atoms with Gasteiger partial charge in [0, 0.05) is 11.5 Å². The van der Waals surface area contributed by atoms with Crippen LogP contribution in [0.1, 0.15) is 0 Å². The van der Waals surface area contributed by atoms with Crippen LogP contribution in [-0.2, 0) is 9.59 Å². The van der Waals surface area contributed by atoms with E-state index < -0.39 is 24.0 Å². The molecular weight excluding hydrogens is 208 g/mol. The second-order valence-electron chi connectivity index (χ2n) is 2.66. The highest BCUT2D eigenvalue weighted by atomic mass is 32.2. The van der Waals surface area contributed by atoms with Crippen molar-refractivity contribution in [3.8, 4) is 0 Å². The molecule has 0 saturated carbocycles. The third-order valence-corrected chi connectivity index (χ3v) is 2.71. The Morgan fingerprint density at radius 2 is 1.93 bits per heavy atom. The molecule has 82 valence electrons. The standard InChI is InChI=1S/C7H14N2O4S/c1-9-5(7(12)13)3-14-2-4(8)6(10)11/h4-5,9H,2-3,8H2,1H3,(H,10,11)(H,12,13)/t4?,5-/m1/s1. The Labute approximate surface area is 85.9 Å². The van der Waals surface area contributed by atoms with E-state index in [1.165, 1.54) is 18.8 Å². The van der Waals surface area contributed by atoms with E-state index in [2.05, 4.69) is 5.32 Å². The predicted octanol–water partition coefficient (Wildman–Crippen LogP) is -1.20. The van der Waals surface area contributed by atoms with Crippen molar-refractivity contribution in [3.05, 3.63) is 0 Å². The van der Waals surface area contributed by atoms with Gasteiger partial charge in [0.2, 0.25) is 0 Å². The normalized spacial score (nSPS) is 14.7. The molecular formula is C7H14N2O4S. The van der Waals surface area contributed by atoms with E-state index in [0.29, 0.717) is 5.75 Å². The maximum Gasteiger partial charge on any atom is 0.321 e. The van der Waals surface area contributed by atoms with Crippen molar-refractivity contribution in [1.29, 1.82) is 0 Å². The number of carboxylic acid groups (broad SMARTS) is 2. The van der Waals surface area contributed by atoms with Crippen molar-refractivity contribution in [2.24, 2.45) is 5.73 Å². The molecule has 0 radical (unpaired) electrons. The minimum Gasteiger partial charge on any atom is -0.480 e. The zero-order valence-electron chi connectivity index (χ0n) is 7.77. The largest absolute Gasteiger partial charge is 0.480 e. The Morgan fingerprint density at radius 3 is 2.29 bits per heavy atom. The smallest absolute Gasteiger partial charge is 0.321 e. The van der Waals surface area contributed by atoms with Gasteiger partial charge in [0.05, 0.1) is 0 Å². The summed E-state index contributed by atoms with van der Waals surface area (Å²) in [6, 6.07) is -1.60. The molecule has 0 heterocycles. The van der Waals surface area contributed by atoms with Crippen molar-refractivity contribution in [2.75, 3.05) is 18.6 Å². The summed E-state index contributed by atoms with van der Waals surface area (Å²) >= 11 is 1.20. The van der Waals surface area contributed by atoms with E-state index in [9.17, 15) is 9.59 Å². The van der Waals surface area contributed by atoms with Gasteiger partial charge >= 0.3 is 11.9 Å². The highest BCUT2D eigenvalue weighted by Gasteiger charge is 2.17. The number of rotatable bonds is 7. The Kier molecular flexibility index (Phi) is 6.26. The number of hydrogen-bond acceptors (Lipinski definition) is 5. The molecule has 7 heteroatoms. The second-order valence-corrected chi connectivity index (χ2v) is 3.74. The highest BCUT2D eigenvalue weighted by Crippen LogP contribution is 2.04. The average molecular weight is 222 g/mol. The van der Waals surface area contributed by atoms with E-state index in [1.807, 2.05) is 0 Å². The van der Waals surface area contributed by atoms with Crippen molar-refractivity contribution >= 4 is 23.7 Å². The van der Waals surface area contributed by atoms with Gasteiger partial charge in [-0.1, -0.05) is 0 Å². The van der Waals surface area contributed by atoms with Gasteiger partial charge in [0.1, 0.15) is 12.1 Å². The number of likely N-dealkylation sites (N-methyl/N-ethyl adjacent to an activating group) is 1. The number of carboxylic acids is 2. The lowest BCUT2D eigenvalue weighted by Crippen LogP contribution is -2.38. The average Bonchev–Trinajstić information content (AvgIpc) is 2.11. The van der Waals surface area contributed by atoms with Crippen LogP contribution in [-0.4, -0.2) is 52.8 Å². The number of aliphatic carboxylic acids is 2. The topological polar surface area (TPSA) is 113 Å². The second kappa shape index (κ2) is 6.63. The minimum atomic E-state index is -1.08. The third kappa shape index (κ3) is 5.05. The molecule has 0 aliphatic carbocycles. The Morgan fingerprint density at radius 1 is 1.36 bits per heavy atom. The first-order chi connectivity index (χ1) is 6.49. The van der Waals surface area contributed by atoms with Gasteiger partial charge in [-0.2, -0.15) is 11.8 Å². The van der Waals surface area contributed by atoms with E-state index in [1.54, 1.807) is 0 Å². The zero-order valence-corrected chi connectivity index (χ0v) is 8.58. The molecule has 14 heavy (non-hydrogen) atoms. The van der Waals surface area contributed by atoms with Crippen LogP contribution < -0.4 is 11.1 Å². The van der Waals surface area contributed by atoms with E-state index in [-0.39, 0.29) is 5.75 Å². The molecule has 0 aliphatic heterocycles. The first-order valence-electron chi connectivity index (χ1n) is 3.95. The summed E-state index contributed by atoms with van der Waals surface area (Å²) in [6.45, 7) is 0. The molecule has 0 aromatic rings. The lowest BCUT2D eigenvalue weighted by atomic mass is 10.3. The molecule has 0 saturated heterocycles. The van der Waals surface area contributed by atoms with Crippen LogP contribution in [0.4, 0.5) is 0 Å². The SMILES string of the molecule is CN[C@H](CSCC(N)C(=O)O)C(=O)O. The van der Waals surface area contributed by atoms with Crippen LogP contribution in [0.3, 0.4) is 0 Å². The van der Waals surface area contributed by atoms with Gasteiger partial charge < -0.3 is 21.3 Å². The number of hydrogen-bond donors (Lipinski definition) is 4. The summed E-state index contributed by atoms with van der Waals surface area (Å²) in [4.78, 5) is 20.8. The van der Waals surface area contributed by atoms with Crippen molar-refractivity contribution in [1.82, 2.24) is 5.32 Å². The zero-order chi connectivity index (χ0) is 11.1. The van der Waals surface area contributed by atoms with Crippen molar-refractivity contribution in [2.45, 2.75) is 12.1 Å². The maximum atomic E-state index is 10.5. The van der Waals surface area contributed by atoms with Gasteiger partial charge in [0.15, 0.2) is 0 Å². The fourth-order valence-electron chi connectivity index (χ4n) is 0.662. The van der Waals surface area contributed by atoms with Crippen molar-refractivity contribution in [3.63, 3.8) is 0 Å². The summed E-state index contributed by atoms with van der Waals surface area (Å²) in [6.07, 6.45) is 0. The van der Waals surface area contributed by atoms with Crippen LogP contribution in [0.25, 0.3) is 0 Å². The van der Waals surface area contributed by atoms with Crippen LogP contribution >= 0.6 is 11.8 Å². The Balaban J connectivity index is 3.71. The highest BCUT2D eigenvalue weighted by molar-refractivity contribution is 7.99. The molecule has 0 rings (SSSR count). The molecule has 0 aromatic carbocycles. The molecule has 0 bridgehead atoms. The fraction of sp³-hybridized carbons (Fsp3) is 0.714. The van der Waals surface area contributed by atoms with Crippen LogP contribution in [0.5, 0.6) is 0 Å². The number of thioether (sulfide) groups is 1. The van der Waals surface area contributed by atoms with Gasteiger partial charge in [-0.15, -0.1) is 0 Å². The lowest BCUT2D eigenvalue weighted by molar-refractivity contribution is -0.139. The van der Waals surface area contributed by atoms with Crippen LogP contribution in [0.2, 0.25) is 0 Å². The van der Waals surface area contributed by atoms with E-state index in [4.69, 9.17) is 15.9 Å². The Hall–Kier alpha value is -0.790. The molecule has 6 nitrogen and oxygen atoms in total. The summed E-state index contributed by atoms with van der Waals surface area (Å²) in [5.41, 5.74) is 5.23. The predicted molar refractivity (Wildman–Crippen MR) is 53.4 cm³/mol. The molecule has 2 atom stereocenters. The van der Waals surface area contributed by atoms with Crippen LogP contribution in [0, 0.1) is 0 Å². The van der Waals surface area contributed by atoms with Gasteiger partial charge in [-0.25, -0.2) is 0 Å². The summed E-state index contributed by atoms with van der Waals surface area (Å²) in [7, 11) is 1.54. The molecule has 1 unspecified atom stereocenters. The summed E-state index contributed by atoms with van der Waals surface area (Å²) in [5, 5.41) is 19.7. The van der Waals surface area contributed by atoms with Crippen molar-refractivity contribution < 1.29 is 19.8 Å². The quantitative estimate of drug-likeness (QED) is 0.428. The minimum absolute atomic E-state index is 0.209. The van der Waals surface area contributed by atoms with Gasteiger partial charge in [0.25, 0.3) is 0 Å². The van der Waals surface area contributed by atoms with E-state index >= 15 is 0 Å². The number of nitrogens with one attached hydrogen (secondary N) is 1. The van der Waals surface area contributed by atoms with Gasteiger partial charge in [-0.05, 0) is 7.05 Å². The molecule has 0 aliphatic rings. The Bertz CT molecular complexity index is 212. The molecule has 0 aromatic heterocycles. The maximum absolute atomic E-state index is 10.5. The monoisotopic (exact) mass is 222 g/mol. The lowest BCUT2D eigenvalue weighted by Gasteiger charge is -2.11. The number of nitrogens with two attached hydrogens (primary N) is 1. The van der Waals surface area contributed by atoms with Gasteiger partial charge in [-0.3, -0.25) is 9.59 Å². The third-order valence-electron chi connectivity index (χ3n) is 1.55. The number of carbonyl (C=O) groups is 2. The molecule has 5 N–H and O–H groups in total. The molecule has 0 amide bonds. The van der Waals surface area contributed by atoms with Crippen LogP contribution in [0.15, 0.2) is 0 Å². The first-order valence-corrected chi connectivity index (χ1v) is 5.10. The summed E-state index contributed by atoms with van der Waals surface area (Å²) < 4.78 is 0. The summed E-state index contributed by atoms with van der Waals surface area (Å²) in [5.74, 6) is -1.52.